The van der Waals surface area contributed by atoms with Crippen LogP contribution >= 0.6 is 0 Å². The zero-order valence-corrected chi connectivity index (χ0v) is 11.5. The molecule has 2 aromatic rings. The molecule has 0 unspecified atom stereocenters. The first-order valence-electron chi connectivity index (χ1n) is 7.14. The van der Waals surface area contributed by atoms with Gasteiger partial charge >= 0.3 is 0 Å². The Labute approximate surface area is 114 Å². The largest absolute Gasteiger partial charge is 0.311 e. The molecule has 1 aliphatic carbocycles. The van der Waals surface area contributed by atoms with E-state index in [0.29, 0.717) is 0 Å². The van der Waals surface area contributed by atoms with Gasteiger partial charge in [-0.3, -0.25) is 4.57 Å². The minimum Gasteiger partial charge on any atom is -0.311 e. The lowest BCUT2D eigenvalue weighted by molar-refractivity contribution is 0.601. The van der Waals surface area contributed by atoms with E-state index in [1.54, 1.807) is 0 Å². The van der Waals surface area contributed by atoms with Crippen LogP contribution in [0.15, 0.2) is 36.5 Å². The third-order valence-corrected chi connectivity index (χ3v) is 3.76. The molecule has 0 amide bonds. The zero-order valence-electron chi connectivity index (χ0n) is 11.5. The Kier molecular flexibility index (Phi) is 3.65. The van der Waals surface area contributed by atoms with Crippen molar-refractivity contribution in [1.82, 2.24) is 14.9 Å². The maximum Gasteiger partial charge on any atom is 0.110 e. The highest BCUT2D eigenvalue weighted by Gasteiger charge is 2.20. The first-order valence-corrected chi connectivity index (χ1v) is 7.14. The van der Waals surface area contributed by atoms with E-state index in [4.69, 9.17) is 0 Å². The van der Waals surface area contributed by atoms with Crippen LogP contribution < -0.4 is 5.32 Å². The fourth-order valence-corrected chi connectivity index (χ4v) is 2.47. The number of rotatable bonds is 6. The number of hydrogen-bond acceptors (Lipinski definition) is 2. The highest BCUT2D eigenvalue weighted by Crippen LogP contribution is 2.31. The zero-order chi connectivity index (χ0) is 13.1. The smallest absolute Gasteiger partial charge is 0.110 e. The molecule has 1 heterocycles. The molecule has 19 heavy (non-hydrogen) atoms. The maximum absolute atomic E-state index is 4.44. The third kappa shape index (κ3) is 3.04. The Balaban J connectivity index is 1.67. The summed E-state index contributed by atoms with van der Waals surface area (Å²) in [6.45, 7) is 4.06. The first kappa shape index (κ1) is 12.4. The van der Waals surface area contributed by atoms with Crippen molar-refractivity contribution in [3.63, 3.8) is 0 Å². The monoisotopic (exact) mass is 255 g/mol. The second kappa shape index (κ2) is 5.57. The summed E-state index contributed by atoms with van der Waals surface area (Å²) in [6.07, 6.45) is 6.16. The lowest BCUT2D eigenvalue weighted by atomic mass is 10.3. The van der Waals surface area contributed by atoms with Crippen LogP contribution in [-0.2, 0) is 6.54 Å². The van der Waals surface area contributed by atoms with E-state index in [-0.39, 0.29) is 0 Å². The fraction of sp³-hybridized carbons (Fsp3) is 0.438. The lowest BCUT2D eigenvalue weighted by Crippen LogP contribution is -2.17. The van der Waals surface area contributed by atoms with Gasteiger partial charge in [0.15, 0.2) is 0 Å². The predicted molar refractivity (Wildman–Crippen MR) is 77.3 cm³/mol. The van der Waals surface area contributed by atoms with Crippen LogP contribution in [0.25, 0.3) is 5.69 Å². The maximum atomic E-state index is 4.44. The minimum absolute atomic E-state index is 0.891. The van der Waals surface area contributed by atoms with Crippen molar-refractivity contribution >= 4 is 0 Å². The molecule has 0 spiro atoms. The van der Waals surface area contributed by atoms with Gasteiger partial charge in [0.2, 0.25) is 0 Å². The van der Waals surface area contributed by atoms with Crippen molar-refractivity contribution in [3.8, 4) is 5.69 Å². The molecule has 1 fully saturated rings. The Morgan fingerprint density at radius 2 is 2.05 bits per heavy atom. The summed E-state index contributed by atoms with van der Waals surface area (Å²) < 4.78 is 2.23. The number of benzene rings is 1. The van der Waals surface area contributed by atoms with Crippen LogP contribution in [0.3, 0.4) is 0 Å². The van der Waals surface area contributed by atoms with Gasteiger partial charge in [0.05, 0.1) is 11.9 Å². The van der Waals surface area contributed by atoms with E-state index in [1.165, 1.54) is 30.6 Å². The molecular weight excluding hydrogens is 234 g/mol. The van der Waals surface area contributed by atoms with Crippen molar-refractivity contribution in [1.29, 1.82) is 0 Å². The molecule has 0 bridgehead atoms. The predicted octanol–water partition coefficient (Wildman–Crippen LogP) is 3.07. The van der Waals surface area contributed by atoms with Crippen molar-refractivity contribution in [2.75, 3.05) is 6.54 Å². The van der Waals surface area contributed by atoms with Gasteiger partial charge < -0.3 is 5.32 Å². The van der Waals surface area contributed by atoms with Gasteiger partial charge in [-0.05, 0) is 37.9 Å². The molecule has 1 saturated carbocycles. The molecular formula is C16H21N3. The van der Waals surface area contributed by atoms with Crippen LogP contribution in [0.4, 0.5) is 0 Å². The van der Waals surface area contributed by atoms with Gasteiger partial charge in [0.1, 0.15) is 5.82 Å². The van der Waals surface area contributed by atoms with E-state index in [2.05, 4.69) is 46.1 Å². The molecule has 3 nitrogen and oxygen atoms in total. The quantitative estimate of drug-likeness (QED) is 0.804. The molecule has 100 valence electrons. The van der Waals surface area contributed by atoms with Crippen LogP contribution in [0, 0.1) is 12.8 Å². The summed E-state index contributed by atoms with van der Waals surface area (Å²) in [6, 6.07) is 10.4. The van der Waals surface area contributed by atoms with Crippen molar-refractivity contribution < 1.29 is 0 Å². The molecule has 0 radical (unpaired) electrons. The van der Waals surface area contributed by atoms with Crippen LogP contribution in [0.1, 0.15) is 30.8 Å². The first-order chi connectivity index (χ1) is 9.34. The number of nitrogens with zero attached hydrogens (tertiary/aromatic N) is 2. The Bertz CT molecular complexity index is 526. The van der Waals surface area contributed by atoms with Gasteiger partial charge in [-0.25, -0.2) is 4.98 Å². The number of aryl methyl sites for hydroxylation is 1. The molecule has 0 atom stereocenters. The minimum atomic E-state index is 0.891. The van der Waals surface area contributed by atoms with E-state index < -0.39 is 0 Å². The summed E-state index contributed by atoms with van der Waals surface area (Å²) in [7, 11) is 0. The van der Waals surface area contributed by atoms with Gasteiger partial charge in [0.25, 0.3) is 0 Å². The number of hydrogen-bond donors (Lipinski definition) is 1. The summed E-state index contributed by atoms with van der Waals surface area (Å²) in [5, 5.41) is 3.54. The third-order valence-electron chi connectivity index (χ3n) is 3.76. The Morgan fingerprint density at radius 3 is 2.79 bits per heavy atom. The number of imidazole rings is 1. The molecule has 1 aromatic heterocycles. The van der Waals surface area contributed by atoms with Gasteiger partial charge in [-0.2, -0.15) is 0 Å². The lowest BCUT2D eigenvalue weighted by Gasteiger charge is -2.11. The summed E-state index contributed by atoms with van der Waals surface area (Å²) in [5.74, 6) is 2.04. The van der Waals surface area contributed by atoms with Crippen molar-refractivity contribution in [3.05, 3.63) is 48.0 Å². The SMILES string of the molecule is Cc1ncc(CNCCC2CC2)n1-c1ccccc1. The number of aromatic nitrogens is 2. The van der Waals surface area contributed by atoms with E-state index in [1.807, 2.05) is 12.3 Å². The molecule has 0 saturated heterocycles. The fourth-order valence-electron chi connectivity index (χ4n) is 2.47. The van der Waals surface area contributed by atoms with E-state index in [0.717, 1.165) is 24.8 Å². The average molecular weight is 255 g/mol. The van der Waals surface area contributed by atoms with Crippen LogP contribution in [0.5, 0.6) is 0 Å². The average Bonchev–Trinajstić information content (AvgIpc) is 3.19. The van der Waals surface area contributed by atoms with Gasteiger partial charge in [-0.15, -0.1) is 0 Å². The second-order valence-corrected chi connectivity index (χ2v) is 5.38. The second-order valence-electron chi connectivity index (χ2n) is 5.38. The topological polar surface area (TPSA) is 29.9 Å². The van der Waals surface area contributed by atoms with Crippen LogP contribution in [0.2, 0.25) is 0 Å². The van der Waals surface area contributed by atoms with Crippen molar-refractivity contribution in [2.45, 2.75) is 32.7 Å². The standard InChI is InChI=1S/C16H21N3/c1-13-18-12-16(11-17-10-9-14-7-8-14)19(13)15-5-3-2-4-6-15/h2-6,12,14,17H,7-11H2,1H3. The Hall–Kier alpha value is -1.61. The van der Waals surface area contributed by atoms with Gasteiger partial charge in [0, 0.05) is 12.2 Å². The Morgan fingerprint density at radius 1 is 1.26 bits per heavy atom. The van der Waals surface area contributed by atoms with Crippen molar-refractivity contribution in [2.24, 2.45) is 5.92 Å². The highest BCUT2D eigenvalue weighted by atomic mass is 15.1. The summed E-state index contributed by atoms with van der Waals surface area (Å²) in [5.41, 5.74) is 2.43. The molecule has 3 heteroatoms. The molecule has 0 aliphatic heterocycles. The molecule has 3 rings (SSSR count). The van der Waals surface area contributed by atoms with Gasteiger partial charge in [-0.1, -0.05) is 31.0 Å². The molecule has 1 aromatic carbocycles. The van der Waals surface area contributed by atoms with E-state index >= 15 is 0 Å². The highest BCUT2D eigenvalue weighted by molar-refractivity contribution is 5.35. The normalized spacial score (nSPS) is 14.8. The molecule has 1 aliphatic rings. The molecule has 1 N–H and O–H groups in total. The van der Waals surface area contributed by atoms with Crippen LogP contribution in [-0.4, -0.2) is 16.1 Å². The van der Waals surface area contributed by atoms with E-state index in [9.17, 15) is 0 Å². The number of para-hydroxylation sites is 1. The number of nitrogens with one attached hydrogen (secondary N) is 1. The summed E-state index contributed by atoms with van der Waals surface area (Å²) in [4.78, 5) is 4.44. The summed E-state index contributed by atoms with van der Waals surface area (Å²) >= 11 is 0.